The number of benzene rings is 2. The van der Waals surface area contributed by atoms with Crippen molar-refractivity contribution in [2.24, 2.45) is 4.99 Å². The lowest BCUT2D eigenvalue weighted by molar-refractivity contribution is -0.139. The number of thiazole rings is 1. The van der Waals surface area contributed by atoms with Gasteiger partial charge in [0.1, 0.15) is 5.75 Å². The van der Waals surface area contributed by atoms with Crippen LogP contribution in [0, 0.1) is 0 Å². The van der Waals surface area contributed by atoms with Crippen molar-refractivity contribution in [2.75, 3.05) is 20.3 Å². The van der Waals surface area contributed by atoms with Gasteiger partial charge in [0.15, 0.2) is 16.3 Å². The molecule has 3 aromatic rings. The van der Waals surface area contributed by atoms with Crippen molar-refractivity contribution in [3.8, 4) is 17.2 Å². The van der Waals surface area contributed by atoms with E-state index in [-0.39, 0.29) is 18.3 Å². The number of aromatic nitrogens is 1. The van der Waals surface area contributed by atoms with Gasteiger partial charge in [0.25, 0.3) is 5.56 Å². The Balaban J connectivity index is 1.89. The maximum atomic E-state index is 13.8. The highest BCUT2D eigenvalue weighted by Crippen LogP contribution is 2.36. The van der Waals surface area contributed by atoms with Crippen molar-refractivity contribution in [1.82, 2.24) is 4.57 Å². The summed E-state index contributed by atoms with van der Waals surface area (Å²) in [6.45, 7) is 10.1. The van der Waals surface area contributed by atoms with E-state index in [0.29, 0.717) is 44.3 Å². The average molecular weight is 537 g/mol. The Morgan fingerprint density at radius 3 is 2.47 bits per heavy atom. The molecule has 8 nitrogen and oxygen atoms in total. The fourth-order valence-electron chi connectivity index (χ4n) is 4.29. The van der Waals surface area contributed by atoms with Crippen LogP contribution in [0.25, 0.3) is 6.08 Å². The molecule has 0 spiro atoms. The van der Waals surface area contributed by atoms with Crippen LogP contribution < -0.4 is 29.1 Å². The molecule has 0 amide bonds. The Morgan fingerprint density at radius 1 is 1.11 bits per heavy atom. The Bertz CT molecular complexity index is 1530. The van der Waals surface area contributed by atoms with E-state index in [1.807, 2.05) is 57.2 Å². The van der Waals surface area contributed by atoms with Crippen LogP contribution in [-0.2, 0) is 9.53 Å². The summed E-state index contributed by atoms with van der Waals surface area (Å²) in [4.78, 5) is 32.1. The lowest BCUT2D eigenvalue weighted by atomic mass is 9.95. The first-order valence-corrected chi connectivity index (χ1v) is 13.4. The van der Waals surface area contributed by atoms with Crippen LogP contribution in [0.15, 0.2) is 63.5 Å². The van der Waals surface area contributed by atoms with Gasteiger partial charge in [-0.2, -0.15) is 0 Å². The normalized spacial score (nSPS) is 15.2. The van der Waals surface area contributed by atoms with Crippen LogP contribution in [0.1, 0.15) is 51.8 Å². The van der Waals surface area contributed by atoms with E-state index >= 15 is 0 Å². The smallest absolute Gasteiger partial charge is 0.338 e. The van der Waals surface area contributed by atoms with Crippen LogP contribution in [0.3, 0.4) is 0 Å². The zero-order valence-corrected chi connectivity index (χ0v) is 23.3. The first-order chi connectivity index (χ1) is 18.3. The van der Waals surface area contributed by atoms with Gasteiger partial charge in [-0.1, -0.05) is 29.5 Å². The van der Waals surface area contributed by atoms with Gasteiger partial charge in [-0.25, -0.2) is 9.79 Å². The predicted molar refractivity (Wildman–Crippen MR) is 147 cm³/mol. The zero-order chi connectivity index (χ0) is 27.4. The molecule has 0 bridgehead atoms. The molecule has 9 heteroatoms. The molecule has 1 aliphatic heterocycles. The van der Waals surface area contributed by atoms with E-state index < -0.39 is 12.0 Å². The number of nitrogens with zero attached hydrogens (tertiary/aromatic N) is 2. The summed E-state index contributed by atoms with van der Waals surface area (Å²) in [6, 6.07) is 12.2. The molecular formula is C29H32N2O6S. The quantitative estimate of drug-likeness (QED) is 0.384. The van der Waals surface area contributed by atoms with E-state index in [1.54, 1.807) is 37.7 Å². The highest BCUT2D eigenvalue weighted by Gasteiger charge is 2.34. The Hall–Kier alpha value is -3.85. The standard InChI is InChI=1S/C29H32N2O6S/c1-7-35-21-12-9-19(10-13-21)15-24-27(32)31-26(20-11-14-22(37-17(3)4)23(16-20)34-6)25(28(33)36-8-2)18(5)30-29(31)38-24/h9-17,26H,7-8H2,1-6H3. The van der Waals surface area contributed by atoms with Gasteiger partial charge in [-0.05, 0) is 76.1 Å². The van der Waals surface area contributed by atoms with Crippen molar-refractivity contribution in [2.45, 2.75) is 46.8 Å². The van der Waals surface area contributed by atoms with Gasteiger partial charge in [-0.15, -0.1) is 0 Å². The van der Waals surface area contributed by atoms with E-state index in [2.05, 4.69) is 4.99 Å². The Kier molecular flexibility index (Phi) is 8.36. The highest BCUT2D eigenvalue weighted by atomic mass is 32.1. The molecule has 0 N–H and O–H groups in total. The largest absolute Gasteiger partial charge is 0.494 e. The predicted octanol–water partition coefficient (Wildman–Crippen LogP) is 3.99. The lowest BCUT2D eigenvalue weighted by Crippen LogP contribution is -2.40. The van der Waals surface area contributed by atoms with Crippen molar-refractivity contribution < 1.29 is 23.7 Å². The number of esters is 1. The summed E-state index contributed by atoms with van der Waals surface area (Å²) < 4.78 is 24.4. The number of fused-ring (bicyclic) bond motifs is 1. The number of carbonyl (C=O) groups excluding carboxylic acids is 1. The van der Waals surface area contributed by atoms with E-state index in [0.717, 1.165) is 11.3 Å². The topological polar surface area (TPSA) is 88.4 Å². The molecule has 0 saturated heterocycles. The number of carbonyl (C=O) groups is 1. The lowest BCUT2D eigenvalue weighted by Gasteiger charge is -2.25. The maximum absolute atomic E-state index is 13.8. The molecule has 4 rings (SSSR count). The van der Waals surface area contributed by atoms with Gasteiger partial charge in [-0.3, -0.25) is 9.36 Å². The molecule has 1 atom stereocenters. The second-order valence-corrected chi connectivity index (χ2v) is 9.89. The second-order valence-electron chi connectivity index (χ2n) is 8.88. The average Bonchev–Trinajstić information content (AvgIpc) is 3.18. The fourth-order valence-corrected chi connectivity index (χ4v) is 5.34. The Morgan fingerprint density at radius 2 is 1.84 bits per heavy atom. The molecule has 1 aliphatic rings. The third kappa shape index (κ3) is 5.52. The number of ether oxygens (including phenoxy) is 4. The number of allylic oxidation sites excluding steroid dienone is 1. The van der Waals surface area contributed by atoms with Crippen LogP contribution in [0.2, 0.25) is 0 Å². The van der Waals surface area contributed by atoms with Gasteiger partial charge >= 0.3 is 5.97 Å². The summed E-state index contributed by atoms with van der Waals surface area (Å²) in [5.41, 5.74) is 2.11. The van der Waals surface area contributed by atoms with Crippen molar-refractivity contribution in [3.05, 3.63) is 84.5 Å². The molecule has 1 unspecified atom stereocenters. The van der Waals surface area contributed by atoms with Gasteiger partial charge in [0.05, 0.1) is 48.3 Å². The number of hydrogen-bond acceptors (Lipinski definition) is 8. The van der Waals surface area contributed by atoms with Crippen LogP contribution >= 0.6 is 11.3 Å². The molecule has 38 heavy (non-hydrogen) atoms. The van der Waals surface area contributed by atoms with Crippen molar-refractivity contribution in [3.63, 3.8) is 0 Å². The first kappa shape index (κ1) is 27.2. The van der Waals surface area contributed by atoms with E-state index in [1.165, 1.54) is 11.3 Å². The summed E-state index contributed by atoms with van der Waals surface area (Å²) in [7, 11) is 1.56. The van der Waals surface area contributed by atoms with Crippen LogP contribution in [-0.4, -0.2) is 37.0 Å². The van der Waals surface area contributed by atoms with Crippen molar-refractivity contribution in [1.29, 1.82) is 0 Å². The molecule has 2 aromatic carbocycles. The molecule has 1 aromatic heterocycles. The second kappa shape index (κ2) is 11.7. The van der Waals surface area contributed by atoms with Gasteiger partial charge in [0, 0.05) is 0 Å². The number of rotatable bonds is 9. The monoisotopic (exact) mass is 536 g/mol. The minimum Gasteiger partial charge on any atom is -0.494 e. The minimum absolute atomic E-state index is 0.0488. The molecule has 200 valence electrons. The third-order valence-electron chi connectivity index (χ3n) is 5.87. The van der Waals surface area contributed by atoms with E-state index in [9.17, 15) is 9.59 Å². The minimum atomic E-state index is -0.741. The van der Waals surface area contributed by atoms with Gasteiger partial charge in [0.2, 0.25) is 0 Å². The number of methoxy groups -OCH3 is 1. The fraction of sp³-hybridized carbons (Fsp3) is 0.345. The molecule has 0 fully saturated rings. The summed E-state index contributed by atoms with van der Waals surface area (Å²) in [5, 5.41) is 0. The van der Waals surface area contributed by atoms with Crippen LogP contribution in [0.4, 0.5) is 0 Å². The highest BCUT2D eigenvalue weighted by molar-refractivity contribution is 7.07. The summed E-state index contributed by atoms with van der Waals surface area (Å²) >= 11 is 1.28. The Labute approximate surface area is 225 Å². The molecule has 2 heterocycles. The molecule has 0 aliphatic carbocycles. The van der Waals surface area contributed by atoms with Crippen LogP contribution in [0.5, 0.6) is 17.2 Å². The van der Waals surface area contributed by atoms with Gasteiger partial charge < -0.3 is 18.9 Å². The third-order valence-corrected chi connectivity index (χ3v) is 6.85. The van der Waals surface area contributed by atoms with E-state index in [4.69, 9.17) is 18.9 Å². The first-order valence-electron chi connectivity index (χ1n) is 12.5. The zero-order valence-electron chi connectivity index (χ0n) is 22.4. The molecule has 0 saturated carbocycles. The summed E-state index contributed by atoms with van der Waals surface area (Å²) in [5.74, 6) is 1.33. The molecule has 0 radical (unpaired) electrons. The van der Waals surface area contributed by atoms with Crippen molar-refractivity contribution >= 4 is 23.4 Å². The SMILES string of the molecule is CCOC(=O)C1=C(C)N=c2sc(=Cc3ccc(OCC)cc3)c(=O)n2C1c1ccc(OC(C)C)c(OC)c1. The number of hydrogen-bond donors (Lipinski definition) is 0. The molecular weight excluding hydrogens is 504 g/mol. The summed E-state index contributed by atoms with van der Waals surface area (Å²) in [6.07, 6.45) is 1.77. The maximum Gasteiger partial charge on any atom is 0.338 e.